The van der Waals surface area contributed by atoms with Crippen molar-refractivity contribution < 1.29 is 14.7 Å². The Labute approximate surface area is 139 Å². The van der Waals surface area contributed by atoms with E-state index in [0.29, 0.717) is 23.8 Å². The maximum Gasteiger partial charge on any atom is 0.306 e. The number of imidazole rings is 1. The van der Waals surface area contributed by atoms with E-state index >= 15 is 0 Å². The summed E-state index contributed by atoms with van der Waals surface area (Å²) < 4.78 is 0. The average Bonchev–Trinajstić information content (AvgIpc) is 3.20. The predicted molar refractivity (Wildman–Crippen MR) is 87.2 cm³/mol. The van der Waals surface area contributed by atoms with Gasteiger partial charge in [-0.25, -0.2) is 4.98 Å². The second kappa shape index (κ2) is 5.78. The number of hydrogen-bond donors (Lipinski definition) is 3. The lowest BCUT2D eigenvalue weighted by atomic mass is 9.71. The minimum Gasteiger partial charge on any atom is -0.481 e. The highest BCUT2D eigenvalue weighted by molar-refractivity contribution is 5.95. The van der Waals surface area contributed by atoms with Crippen LogP contribution in [0.3, 0.4) is 0 Å². The maximum atomic E-state index is 12.4. The lowest BCUT2D eigenvalue weighted by molar-refractivity contribution is -0.141. The number of H-pyrrole nitrogens is 1. The summed E-state index contributed by atoms with van der Waals surface area (Å²) in [5, 5.41) is 12.2. The molecule has 2 aliphatic carbocycles. The summed E-state index contributed by atoms with van der Waals surface area (Å²) in [6, 6.07) is 7.50. The van der Waals surface area contributed by atoms with Crippen LogP contribution in [0.15, 0.2) is 36.8 Å². The summed E-state index contributed by atoms with van der Waals surface area (Å²) in [7, 11) is 0. The van der Waals surface area contributed by atoms with Crippen LogP contribution in [0.25, 0.3) is 11.3 Å². The van der Waals surface area contributed by atoms with Crippen molar-refractivity contribution in [2.24, 2.45) is 17.8 Å². The van der Waals surface area contributed by atoms with E-state index in [1.54, 1.807) is 24.7 Å². The number of nitrogens with one attached hydrogen (secondary N) is 2. The molecule has 1 aromatic carbocycles. The van der Waals surface area contributed by atoms with Gasteiger partial charge in [0, 0.05) is 11.6 Å². The van der Waals surface area contributed by atoms with Crippen LogP contribution < -0.4 is 5.32 Å². The fraction of sp³-hybridized carbons (Fsp3) is 0.389. The molecule has 2 saturated carbocycles. The van der Waals surface area contributed by atoms with Crippen molar-refractivity contribution >= 4 is 11.9 Å². The van der Waals surface area contributed by atoms with Gasteiger partial charge in [0.25, 0.3) is 5.91 Å². The number of fused-ring (bicyclic) bond motifs is 1. The fourth-order valence-electron chi connectivity index (χ4n) is 4.06. The molecule has 124 valence electrons. The third-order valence-corrected chi connectivity index (χ3v) is 5.45. The number of aromatic nitrogens is 2. The Morgan fingerprint density at radius 3 is 2.62 bits per heavy atom. The van der Waals surface area contributed by atoms with Crippen LogP contribution in [-0.2, 0) is 4.79 Å². The van der Waals surface area contributed by atoms with Crippen LogP contribution in [0.2, 0.25) is 0 Å². The Morgan fingerprint density at radius 2 is 1.96 bits per heavy atom. The van der Waals surface area contributed by atoms with Crippen LogP contribution in [0.5, 0.6) is 0 Å². The first-order valence-corrected chi connectivity index (χ1v) is 8.24. The number of aromatic amines is 1. The number of carboxylic acid groups (broad SMARTS) is 1. The Bertz CT molecular complexity index is 754. The van der Waals surface area contributed by atoms with Crippen molar-refractivity contribution in [1.82, 2.24) is 15.3 Å². The lowest BCUT2D eigenvalue weighted by Gasteiger charge is -2.40. The van der Waals surface area contributed by atoms with Crippen molar-refractivity contribution in [2.75, 3.05) is 0 Å². The van der Waals surface area contributed by atoms with Gasteiger partial charge in [-0.2, -0.15) is 0 Å². The van der Waals surface area contributed by atoms with Gasteiger partial charge >= 0.3 is 5.97 Å². The van der Waals surface area contributed by atoms with E-state index in [9.17, 15) is 9.59 Å². The largest absolute Gasteiger partial charge is 0.481 e. The van der Waals surface area contributed by atoms with Crippen molar-refractivity contribution in [3.8, 4) is 11.3 Å². The molecule has 1 amide bonds. The number of nitrogens with zero attached hydrogens (tertiary/aromatic N) is 1. The van der Waals surface area contributed by atoms with E-state index in [2.05, 4.69) is 15.3 Å². The molecule has 1 aromatic heterocycles. The van der Waals surface area contributed by atoms with Gasteiger partial charge in [0.2, 0.25) is 0 Å². The second-order valence-corrected chi connectivity index (χ2v) is 6.79. The molecule has 4 rings (SSSR count). The number of carbonyl (C=O) groups excluding carboxylic acids is 1. The third-order valence-electron chi connectivity index (χ3n) is 5.45. The minimum absolute atomic E-state index is 0.0895. The number of aliphatic carboxylic acids is 1. The standard InChI is InChI=1S/C18H19N3O3/c22-17(11-3-1-10(2-4-11)16-8-19-9-20-16)21-15-7-12-5-13(18(23)24)6-14(12)15/h1-4,8-9,12-15H,5-7H2,(H,19,20)(H,21,22)(H,23,24)/t12-,13?,14-,15+/m0/s1. The van der Waals surface area contributed by atoms with Crippen molar-refractivity contribution in [2.45, 2.75) is 25.3 Å². The zero-order valence-corrected chi connectivity index (χ0v) is 13.1. The molecule has 6 nitrogen and oxygen atoms in total. The summed E-state index contributed by atoms with van der Waals surface area (Å²) in [6.45, 7) is 0. The highest BCUT2D eigenvalue weighted by Crippen LogP contribution is 2.49. The summed E-state index contributed by atoms with van der Waals surface area (Å²) >= 11 is 0. The van der Waals surface area contributed by atoms with Gasteiger partial charge in [-0.15, -0.1) is 0 Å². The van der Waals surface area contributed by atoms with Gasteiger partial charge in [0.15, 0.2) is 0 Å². The van der Waals surface area contributed by atoms with E-state index in [0.717, 1.165) is 24.1 Å². The molecular weight excluding hydrogens is 306 g/mol. The highest BCUT2D eigenvalue weighted by Gasteiger charge is 2.49. The number of benzene rings is 1. The summed E-state index contributed by atoms with van der Waals surface area (Å²) in [6.07, 6.45) is 5.69. The molecule has 2 aliphatic rings. The molecule has 4 atom stereocenters. The van der Waals surface area contributed by atoms with Gasteiger partial charge in [0.1, 0.15) is 0 Å². The number of rotatable bonds is 4. The predicted octanol–water partition coefficient (Wildman–Crippen LogP) is 2.31. The Kier molecular flexibility index (Phi) is 3.59. The fourth-order valence-corrected chi connectivity index (χ4v) is 4.06. The molecule has 24 heavy (non-hydrogen) atoms. The Balaban J connectivity index is 1.38. The van der Waals surface area contributed by atoms with Crippen molar-refractivity contribution in [1.29, 1.82) is 0 Å². The minimum atomic E-state index is -0.705. The highest BCUT2D eigenvalue weighted by atomic mass is 16.4. The van der Waals surface area contributed by atoms with Crippen molar-refractivity contribution in [3.05, 3.63) is 42.4 Å². The van der Waals surface area contributed by atoms with Gasteiger partial charge in [0.05, 0.1) is 24.1 Å². The monoisotopic (exact) mass is 325 g/mol. The zero-order chi connectivity index (χ0) is 16.7. The van der Waals surface area contributed by atoms with Crippen molar-refractivity contribution in [3.63, 3.8) is 0 Å². The summed E-state index contributed by atoms with van der Waals surface area (Å²) in [5.74, 6) is -0.258. The van der Waals surface area contributed by atoms with Gasteiger partial charge in [-0.3, -0.25) is 9.59 Å². The van der Waals surface area contributed by atoms with E-state index in [1.165, 1.54) is 0 Å². The smallest absolute Gasteiger partial charge is 0.306 e. The maximum absolute atomic E-state index is 12.4. The second-order valence-electron chi connectivity index (χ2n) is 6.79. The molecule has 1 unspecified atom stereocenters. The first-order valence-electron chi connectivity index (χ1n) is 8.24. The van der Waals surface area contributed by atoms with Gasteiger partial charge in [-0.05, 0) is 48.8 Å². The molecule has 1 heterocycles. The molecule has 0 spiro atoms. The summed E-state index contributed by atoms with van der Waals surface area (Å²) in [4.78, 5) is 30.5. The molecule has 2 aromatic rings. The van der Waals surface area contributed by atoms with E-state index in [-0.39, 0.29) is 17.9 Å². The van der Waals surface area contributed by atoms with Crippen LogP contribution in [0.4, 0.5) is 0 Å². The Morgan fingerprint density at radius 1 is 1.17 bits per heavy atom. The molecular formula is C18H19N3O3. The third kappa shape index (κ3) is 2.58. The first-order chi connectivity index (χ1) is 11.6. The average molecular weight is 325 g/mol. The van der Waals surface area contributed by atoms with Gasteiger partial charge < -0.3 is 15.4 Å². The SMILES string of the molecule is O=C(N[C@@H]1C[C@@H]2CC(C(=O)O)C[C@@H]21)c1ccc(-c2cnc[nH]2)cc1. The normalized spacial score (nSPS) is 28.0. The quantitative estimate of drug-likeness (QED) is 0.804. The van der Waals surface area contributed by atoms with E-state index < -0.39 is 5.97 Å². The zero-order valence-electron chi connectivity index (χ0n) is 13.1. The molecule has 0 aliphatic heterocycles. The first kappa shape index (κ1) is 14.9. The molecule has 2 fully saturated rings. The molecule has 0 saturated heterocycles. The molecule has 0 bridgehead atoms. The van der Waals surface area contributed by atoms with Gasteiger partial charge in [-0.1, -0.05) is 12.1 Å². The molecule has 3 N–H and O–H groups in total. The number of amides is 1. The summed E-state index contributed by atoms with van der Waals surface area (Å²) in [5.41, 5.74) is 2.51. The topological polar surface area (TPSA) is 95.1 Å². The molecule has 6 heteroatoms. The number of carbonyl (C=O) groups is 2. The number of carboxylic acids is 1. The lowest BCUT2D eigenvalue weighted by Crippen LogP contribution is -2.50. The van der Waals surface area contributed by atoms with E-state index in [1.807, 2.05) is 12.1 Å². The van der Waals surface area contributed by atoms with Crippen LogP contribution in [-0.4, -0.2) is 33.0 Å². The van der Waals surface area contributed by atoms with Crippen LogP contribution in [0, 0.1) is 17.8 Å². The van der Waals surface area contributed by atoms with E-state index in [4.69, 9.17) is 5.11 Å². The molecule has 0 radical (unpaired) electrons. The van der Waals surface area contributed by atoms with Crippen LogP contribution in [0.1, 0.15) is 29.6 Å². The number of hydrogen-bond acceptors (Lipinski definition) is 3. The Hall–Kier alpha value is -2.63. The van der Waals surface area contributed by atoms with Crippen LogP contribution >= 0.6 is 0 Å².